The molecule has 1 rings (SSSR count). The Morgan fingerprint density at radius 1 is 1.38 bits per heavy atom. The number of hydrogen-bond donors (Lipinski definition) is 2. The first-order valence-electron chi connectivity index (χ1n) is 4.55. The third kappa shape index (κ3) is 4.29. The van der Waals surface area contributed by atoms with Crippen molar-refractivity contribution in [1.82, 2.24) is 4.72 Å². The molecule has 0 aliphatic rings. The molecule has 16 heavy (non-hydrogen) atoms. The zero-order chi connectivity index (χ0) is 12.3. The third-order valence-electron chi connectivity index (χ3n) is 1.57. The van der Waals surface area contributed by atoms with Crippen LogP contribution in [0.3, 0.4) is 0 Å². The van der Waals surface area contributed by atoms with Crippen LogP contribution in [-0.2, 0) is 10.2 Å². The Hall–Kier alpha value is -0.300. The van der Waals surface area contributed by atoms with E-state index in [4.69, 9.17) is 11.6 Å². The van der Waals surface area contributed by atoms with Gasteiger partial charge in [-0.25, -0.2) is 0 Å². The topological polar surface area (TPSA) is 58.2 Å². The van der Waals surface area contributed by atoms with Crippen LogP contribution in [0.1, 0.15) is 13.8 Å². The lowest BCUT2D eigenvalue weighted by molar-refractivity contribution is 0.575. The fourth-order valence-corrected chi connectivity index (χ4v) is 3.12. The van der Waals surface area contributed by atoms with E-state index < -0.39 is 10.2 Å². The Labute approximate surface area is 109 Å². The van der Waals surface area contributed by atoms with Gasteiger partial charge in [0.2, 0.25) is 0 Å². The Bertz CT molecular complexity index is 476. The van der Waals surface area contributed by atoms with Crippen molar-refractivity contribution in [1.29, 1.82) is 0 Å². The Kier molecular flexibility index (Phi) is 4.61. The highest BCUT2D eigenvalue weighted by Gasteiger charge is 2.12. The maximum Gasteiger partial charge on any atom is 0.299 e. The summed E-state index contributed by atoms with van der Waals surface area (Å²) in [5, 5.41) is 0.534. The molecule has 0 aliphatic carbocycles. The van der Waals surface area contributed by atoms with E-state index in [0.717, 1.165) is 0 Å². The summed E-state index contributed by atoms with van der Waals surface area (Å²) in [6, 6.07) is 4.66. The zero-order valence-electron chi connectivity index (χ0n) is 8.79. The minimum atomic E-state index is -3.54. The molecule has 90 valence electrons. The molecule has 1 aromatic carbocycles. The van der Waals surface area contributed by atoms with Gasteiger partial charge in [-0.15, -0.1) is 0 Å². The van der Waals surface area contributed by atoms with E-state index in [0.29, 0.717) is 15.2 Å². The van der Waals surface area contributed by atoms with Crippen molar-refractivity contribution in [2.75, 3.05) is 4.72 Å². The van der Waals surface area contributed by atoms with Crippen LogP contribution >= 0.6 is 27.5 Å². The number of anilines is 1. The van der Waals surface area contributed by atoms with Crippen molar-refractivity contribution in [3.8, 4) is 0 Å². The molecule has 0 unspecified atom stereocenters. The maximum atomic E-state index is 11.6. The minimum Gasteiger partial charge on any atom is -0.270 e. The minimum absolute atomic E-state index is 0.163. The largest absolute Gasteiger partial charge is 0.299 e. The fourth-order valence-electron chi connectivity index (χ4n) is 1.06. The normalized spacial score (nSPS) is 11.8. The monoisotopic (exact) mass is 326 g/mol. The molecule has 4 nitrogen and oxygen atoms in total. The highest BCUT2D eigenvalue weighted by Crippen LogP contribution is 2.26. The number of hydrogen-bond acceptors (Lipinski definition) is 2. The number of halogens is 2. The van der Waals surface area contributed by atoms with Gasteiger partial charge in [0.05, 0.1) is 5.69 Å². The van der Waals surface area contributed by atoms with Crippen LogP contribution in [0.4, 0.5) is 5.69 Å². The molecular formula is C9H12BrClN2O2S. The van der Waals surface area contributed by atoms with Crippen molar-refractivity contribution in [3.05, 3.63) is 27.7 Å². The molecule has 0 radical (unpaired) electrons. The second kappa shape index (κ2) is 5.35. The van der Waals surface area contributed by atoms with E-state index in [1.807, 2.05) is 0 Å². The standard InChI is InChI=1S/C9H12BrClN2O2S/c1-6(2)12-16(14,15)13-9-4-3-7(11)5-8(9)10/h3-6,12-13H,1-2H3. The lowest BCUT2D eigenvalue weighted by Gasteiger charge is -2.12. The summed E-state index contributed by atoms with van der Waals surface area (Å²) >= 11 is 8.98. The van der Waals surface area contributed by atoms with Crippen LogP contribution in [0.2, 0.25) is 5.02 Å². The average Bonchev–Trinajstić information content (AvgIpc) is 2.07. The predicted octanol–water partition coefficient (Wildman–Crippen LogP) is 2.76. The summed E-state index contributed by atoms with van der Waals surface area (Å²) < 4.78 is 28.6. The molecular weight excluding hydrogens is 316 g/mol. The second-order valence-corrected chi connectivity index (χ2v) is 6.24. The van der Waals surface area contributed by atoms with Gasteiger partial charge < -0.3 is 0 Å². The average molecular weight is 328 g/mol. The van der Waals surface area contributed by atoms with Crippen molar-refractivity contribution < 1.29 is 8.42 Å². The molecule has 0 heterocycles. The quantitative estimate of drug-likeness (QED) is 0.893. The van der Waals surface area contributed by atoms with Crippen molar-refractivity contribution in [2.45, 2.75) is 19.9 Å². The summed E-state index contributed by atoms with van der Waals surface area (Å²) in [7, 11) is -3.54. The van der Waals surface area contributed by atoms with E-state index in [1.54, 1.807) is 32.0 Å². The molecule has 7 heteroatoms. The molecule has 0 aliphatic heterocycles. The fraction of sp³-hybridized carbons (Fsp3) is 0.333. The maximum absolute atomic E-state index is 11.6. The molecule has 1 aromatic rings. The molecule has 0 fully saturated rings. The predicted molar refractivity (Wildman–Crippen MR) is 70.0 cm³/mol. The Morgan fingerprint density at radius 2 is 2.00 bits per heavy atom. The molecule has 0 amide bonds. The summed E-state index contributed by atoms with van der Waals surface area (Å²) in [4.78, 5) is 0. The lowest BCUT2D eigenvalue weighted by atomic mass is 10.3. The summed E-state index contributed by atoms with van der Waals surface area (Å²) in [6.45, 7) is 3.49. The third-order valence-corrected chi connectivity index (χ3v) is 3.73. The van der Waals surface area contributed by atoms with Gasteiger partial charge in [-0.2, -0.15) is 13.1 Å². The van der Waals surface area contributed by atoms with Gasteiger partial charge in [-0.1, -0.05) is 11.6 Å². The molecule has 0 saturated heterocycles. The van der Waals surface area contributed by atoms with Gasteiger partial charge in [0.25, 0.3) is 10.2 Å². The first kappa shape index (κ1) is 13.8. The van der Waals surface area contributed by atoms with Crippen LogP contribution in [0.15, 0.2) is 22.7 Å². The first-order chi connectivity index (χ1) is 7.30. The molecule has 0 bridgehead atoms. The van der Waals surface area contributed by atoms with Crippen molar-refractivity contribution in [3.63, 3.8) is 0 Å². The molecule has 0 spiro atoms. The van der Waals surface area contributed by atoms with E-state index in [9.17, 15) is 8.42 Å². The van der Waals surface area contributed by atoms with Crippen molar-refractivity contribution in [2.24, 2.45) is 0 Å². The van der Waals surface area contributed by atoms with Gasteiger partial charge >= 0.3 is 0 Å². The van der Waals surface area contributed by atoms with Gasteiger partial charge in [0.15, 0.2) is 0 Å². The highest BCUT2D eigenvalue weighted by molar-refractivity contribution is 9.10. The molecule has 0 aromatic heterocycles. The van der Waals surface area contributed by atoms with E-state index >= 15 is 0 Å². The second-order valence-electron chi connectivity index (χ2n) is 3.50. The van der Waals surface area contributed by atoms with Crippen LogP contribution < -0.4 is 9.44 Å². The first-order valence-corrected chi connectivity index (χ1v) is 7.21. The van der Waals surface area contributed by atoms with Crippen LogP contribution in [0.5, 0.6) is 0 Å². The number of benzene rings is 1. The van der Waals surface area contributed by atoms with E-state index in [-0.39, 0.29) is 6.04 Å². The van der Waals surface area contributed by atoms with E-state index in [1.165, 1.54) is 0 Å². The van der Waals surface area contributed by atoms with Crippen molar-refractivity contribution >= 4 is 43.4 Å². The lowest BCUT2D eigenvalue weighted by Crippen LogP contribution is -2.35. The van der Waals surface area contributed by atoms with Crippen LogP contribution in [0, 0.1) is 0 Å². The summed E-state index contributed by atoms with van der Waals surface area (Å²) in [5.74, 6) is 0. The Balaban J connectivity index is 2.88. The summed E-state index contributed by atoms with van der Waals surface area (Å²) in [5.41, 5.74) is 0.442. The van der Waals surface area contributed by atoms with Crippen LogP contribution in [-0.4, -0.2) is 14.5 Å². The SMILES string of the molecule is CC(C)NS(=O)(=O)Nc1ccc(Cl)cc1Br. The molecule has 0 atom stereocenters. The van der Waals surface area contributed by atoms with Crippen LogP contribution in [0.25, 0.3) is 0 Å². The number of rotatable bonds is 4. The molecule has 0 saturated carbocycles. The Morgan fingerprint density at radius 3 is 2.50 bits per heavy atom. The summed E-state index contributed by atoms with van der Waals surface area (Å²) in [6.07, 6.45) is 0. The highest BCUT2D eigenvalue weighted by atomic mass is 79.9. The van der Waals surface area contributed by atoms with Gasteiger partial charge in [-0.05, 0) is 48.0 Å². The van der Waals surface area contributed by atoms with Gasteiger partial charge in [0.1, 0.15) is 0 Å². The molecule has 2 N–H and O–H groups in total. The van der Waals surface area contributed by atoms with E-state index in [2.05, 4.69) is 25.4 Å². The number of nitrogens with one attached hydrogen (secondary N) is 2. The zero-order valence-corrected chi connectivity index (χ0v) is 11.9. The van der Waals surface area contributed by atoms with Gasteiger partial charge in [0, 0.05) is 15.5 Å². The van der Waals surface area contributed by atoms with Gasteiger partial charge in [-0.3, -0.25) is 4.72 Å². The smallest absolute Gasteiger partial charge is 0.270 e.